The summed E-state index contributed by atoms with van der Waals surface area (Å²) in [6.07, 6.45) is -11.0. The van der Waals surface area contributed by atoms with Gasteiger partial charge in [0.2, 0.25) is 5.88 Å². The van der Waals surface area contributed by atoms with Gasteiger partial charge in [-0.15, -0.1) is 13.2 Å². The standard InChI is InChI=1S/C10H3F6N3O/c11-9(12,13)7-4-19-8(20-10(14,15)16)5(1-2-17)6(7)3-18/h4H,1H2. The quantitative estimate of drug-likeness (QED) is 0.786. The van der Waals surface area contributed by atoms with Gasteiger partial charge in [0.25, 0.3) is 0 Å². The van der Waals surface area contributed by atoms with Crippen molar-refractivity contribution < 1.29 is 31.1 Å². The fraction of sp³-hybridized carbons (Fsp3) is 0.300. The van der Waals surface area contributed by atoms with Crippen molar-refractivity contribution in [2.75, 3.05) is 0 Å². The van der Waals surface area contributed by atoms with Crippen molar-refractivity contribution in [1.82, 2.24) is 4.98 Å². The fourth-order valence-corrected chi connectivity index (χ4v) is 1.32. The summed E-state index contributed by atoms with van der Waals surface area (Å²) in [7, 11) is 0. The number of alkyl halides is 6. The molecule has 1 rings (SSSR count). The number of ether oxygens (including phenoxy) is 1. The third kappa shape index (κ3) is 3.51. The van der Waals surface area contributed by atoms with Gasteiger partial charge in [0.05, 0.1) is 23.6 Å². The highest BCUT2D eigenvalue weighted by Gasteiger charge is 2.38. The summed E-state index contributed by atoms with van der Waals surface area (Å²) in [5.74, 6) is -1.25. The van der Waals surface area contributed by atoms with Gasteiger partial charge in [-0.05, 0) is 0 Å². The predicted octanol–water partition coefficient (Wildman–Crippen LogP) is 2.94. The smallest absolute Gasteiger partial charge is 0.387 e. The van der Waals surface area contributed by atoms with Crippen LogP contribution in [0.5, 0.6) is 5.88 Å². The Kier molecular flexibility index (Phi) is 4.08. The maximum absolute atomic E-state index is 12.6. The van der Waals surface area contributed by atoms with Gasteiger partial charge in [0.15, 0.2) is 0 Å². The summed E-state index contributed by atoms with van der Waals surface area (Å²) in [6, 6.07) is 2.48. The number of pyridine rings is 1. The highest BCUT2D eigenvalue weighted by atomic mass is 19.4. The zero-order valence-electron chi connectivity index (χ0n) is 9.30. The molecule has 0 unspecified atom stereocenters. The molecule has 1 aromatic rings. The number of nitriles is 2. The summed E-state index contributed by atoms with van der Waals surface area (Å²) in [4.78, 5) is 2.89. The first-order valence-corrected chi connectivity index (χ1v) is 4.72. The number of halogens is 6. The van der Waals surface area contributed by atoms with E-state index in [9.17, 15) is 26.3 Å². The first-order chi connectivity index (χ1) is 9.10. The van der Waals surface area contributed by atoms with Crippen LogP contribution in [0.25, 0.3) is 0 Å². The van der Waals surface area contributed by atoms with Crippen LogP contribution in [-0.4, -0.2) is 11.3 Å². The van der Waals surface area contributed by atoms with E-state index in [1.54, 1.807) is 0 Å². The van der Waals surface area contributed by atoms with E-state index in [-0.39, 0.29) is 6.20 Å². The molecule has 0 spiro atoms. The van der Waals surface area contributed by atoms with Crippen LogP contribution < -0.4 is 4.74 Å². The van der Waals surface area contributed by atoms with Crippen molar-refractivity contribution in [3.63, 3.8) is 0 Å². The lowest BCUT2D eigenvalue weighted by molar-refractivity contribution is -0.276. The Hall–Kier alpha value is -2.49. The molecule has 0 atom stereocenters. The van der Waals surface area contributed by atoms with E-state index in [4.69, 9.17) is 10.5 Å². The molecule has 0 amide bonds. The third-order valence-corrected chi connectivity index (χ3v) is 2.03. The van der Waals surface area contributed by atoms with Crippen LogP contribution in [0.15, 0.2) is 6.20 Å². The summed E-state index contributed by atoms with van der Waals surface area (Å²) in [6.45, 7) is 0. The van der Waals surface area contributed by atoms with E-state index in [0.717, 1.165) is 6.07 Å². The van der Waals surface area contributed by atoms with Gasteiger partial charge in [-0.25, -0.2) is 4.98 Å². The molecule has 0 aromatic carbocycles. The van der Waals surface area contributed by atoms with Crippen LogP contribution in [0.4, 0.5) is 26.3 Å². The normalized spacial score (nSPS) is 11.6. The van der Waals surface area contributed by atoms with E-state index >= 15 is 0 Å². The number of rotatable bonds is 2. The number of hydrogen-bond acceptors (Lipinski definition) is 4. The van der Waals surface area contributed by atoms with Gasteiger partial charge in [-0.1, -0.05) is 0 Å². The maximum atomic E-state index is 12.6. The molecule has 20 heavy (non-hydrogen) atoms. The van der Waals surface area contributed by atoms with Crippen LogP contribution in [0.2, 0.25) is 0 Å². The van der Waals surface area contributed by atoms with Gasteiger partial charge in [-0.2, -0.15) is 23.7 Å². The Balaban J connectivity index is 3.52. The van der Waals surface area contributed by atoms with Gasteiger partial charge in [0, 0.05) is 11.8 Å². The van der Waals surface area contributed by atoms with E-state index in [0.29, 0.717) is 0 Å². The second kappa shape index (κ2) is 5.25. The Morgan fingerprint density at radius 1 is 1.15 bits per heavy atom. The molecule has 0 aliphatic rings. The number of aromatic nitrogens is 1. The van der Waals surface area contributed by atoms with Crippen LogP contribution in [0.3, 0.4) is 0 Å². The molecule has 0 saturated carbocycles. The molecular weight excluding hydrogens is 292 g/mol. The minimum Gasteiger partial charge on any atom is -0.387 e. The highest BCUT2D eigenvalue weighted by Crippen LogP contribution is 2.36. The molecule has 0 radical (unpaired) electrons. The molecule has 1 aromatic heterocycles. The Morgan fingerprint density at radius 2 is 1.75 bits per heavy atom. The summed E-state index contributed by atoms with van der Waals surface area (Å²) in [5, 5.41) is 17.1. The Labute approximate surface area is 107 Å². The van der Waals surface area contributed by atoms with Crippen molar-refractivity contribution in [1.29, 1.82) is 10.5 Å². The van der Waals surface area contributed by atoms with Gasteiger partial charge >= 0.3 is 12.5 Å². The first kappa shape index (κ1) is 15.6. The first-order valence-electron chi connectivity index (χ1n) is 4.72. The topological polar surface area (TPSA) is 69.7 Å². The van der Waals surface area contributed by atoms with Crippen molar-refractivity contribution >= 4 is 0 Å². The SMILES string of the molecule is N#CCc1c(OC(F)(F)F)ncc(C(F)(F)F)c1C#N. The molecule has 0 fully saturated rings. The predicted molar refractivity (Wildman–Crippen MR) is 50.0 cm³/mol. The van der Waals surface area contributed by atoms with Crippen LogP contribution >= 0.6 is 0 Å². The largest absolute Gasteiger partial charge is 0.574 e. The van der Waals surface area contributed by atoms with Gasteiger partial charge in [0.1, 0.15) is 6.07 Å². The average Bonchev–Trinajstić information content (AvgIpc) is 2.27. The van der Waals surface area contributed by atoms with E-state index in [1.807, 2.05) is 0 Å². The second-order valence-electron chi connectivity index (χ2n) is 3.32. The van der Waals surface area contributed by atoms with Gasteiger partial charge < -0.3 is 4.74 Å². The number of hydrogen-bond donors (Lipinski definition) is 0. The summed E-state index contributed by atoms with van der Waals surface area (Å²) in [5.41, 5.74) is -3.50. The third-order valence-electron chi connectivity index (χ3n) is 2.03. The van der Waals surface area contributed by atoms with Crippen molar-refractivity contribution in [3.05, 3.63) is 22.9 Å². The maximum Gasteiger partial charge on any atom is 0.574 e. The molecular formula is C10H3F6N3O. The molecule has 0 aliphatic carbocycles. The summed E-state index contributed by atoms with van der Waals surface area (Å²) >= 11 is 0. The van der Waals surface area contributed by atoms with Crippen LogP contribution in [0, 0.1) is 22.7 Å². The molecule has 1 heterocycles. The highest BCUT2D eigenvalue weighted by molar-refractivity contribution is 5.50. The lowest BCUT2D eigenvalue weighted by atomic mass is 10.0. The lowest BCUT2D eigenvalue weighted by Gasteiger charge is -2.15. The fourth-order valence-electron chi connectivity index (χ4n) is 1.32. The molecule has 106 valence electrons. The lowest BCUT2D eigenvalue weighted by Crippen LogP contribution is -2.20. The van der Waals surface area contributed by atoms with E-state index < -0.39 is 41.5 Å². The van der Waals surface area contributed by atoms with E-state index in [2.05, 4.69) is 9.72 Å². The Morgan fingerprint density at radius 3 is 2.15 bits per heavy atom. The van der Waals surface area contributed by atoms with Crippen LogP contribution in [0.1, 0.15) is 16.7 Å². The molecule has 10 heteroatoms. The van der Waals surface area contributed by atoms with Crippen LogP contribution in [-0.2, 0) is 12.6 Å². The monoisotopic (exact) mass is 295 g/mol. The number of nitrogens with zero attached hydrogens (tertiary/aromatic N) is 3. The van der Waals surface area contributed by atoms with E-state index in [1.165, 1.54) is 6.07 Å². The summed E-state index contributed by atoms with van der Waals surface area (Å²) < 4.78 is 77.4. The average molecular weight is 295 g/mol. The zero-order chi connectivity index (χ0) is 15.6. The van der Waals surface area contributed by atoms with Gasteiger partial charge in [-0.3, -0.25) is 0 Å². The van der Waals surface area contributed by atoms with Crippen molar-refractivity contribution in [3.8, 4) is 18.0 Å². The minimum atomic E-state index is -5.20. The van der Waals surface area contributed by atoms with Crippen molar-refractivity contribution in [2.45, 2.75) is 19.0 Å². The molecule has 0 aliphatic heterocycles. The minimum absolute atomic E-state index is 0.0561. The molecule has 4 nitrogen and oxygen atoms in total. The molecule has 0 saturated heterocycles. The second-order valence-corrected chi connectivity index (χ2v) is 3.32. The molecule has 0 bridgehead atoms. The van der Waals surface area contributed by atoms with Crippen molar-refractivity contribution in [2.24, 2.45) is 0 Å². The zero-order valence-corrected chi connectivity index (χ0v) is 9.30. The molecule has 0 N–H and O–H groups in total. The Bertz CT molecular complexity index is 593.